The summed E-state index contributed by atoms with van der Waals surface area (Å²) in [6.45, 7) is 0. The molecule has 0 unspecified atom stereocenters. The van der Waals surface area contributed by atoms with Gasteiger partial charge < -0.3 is 0 Å². The van der Waals surface area contributed by atoms with Crippen molar-refractivity contribution in [1.29, 1.82) is 0 Å². The zero-order chi connectivity index (χ0) is 9.26. The van der Waals surface area contributed by atoms with Gasteiger partial charge in [-0.1, -0.05) is 35.9 Å². The first kappa shape index (κ1) is 8.27. The molecule has 0 spiro atoms. The second-order valence-electron chi connectivity index (χ2n) is 2.81. The van der Waals surface area contributed by atoms with Crippen LogP contribution < -0.4 is 5.43 Å². The molecule has 0 bridgehead atoms. The second kappa shape index (κ2) is 3.19. The lowest BCUT2D eigenvalue weighted by molar-refractivity contribution is 1.72. The number of hydrogen-bond donors (Lipinski definition) is 0. The van der Waals surface area contributed by atoms with Gasteiger partial charge in [0.25, 0.3) is 0 Å². The van der Waals surface area contributed by atoms with E-state index in [2.05, 4.69) is 0 Å². The Morgan fingerprint density at radius 2 is 1.77 bits per heavy atom. The summed E-state index contributed by atoms with van der Waals surface area (Å²) in [5, 5.41) is 2.16. The third-order valence-corrected chi connectivity index (χ3v) is 2.15. The van der Waals surface area contributed by atoms with E-state index < -0.39 is 0 Å². The molecule has 0 aliphatic rings. The van der Waals surface area contributed by atoms with Crippen molar-refractivity contribution in [2.45, 2.75) is 0 Å². The maximum atomic E-state index is 11.5. The molecule has 0 saturated carbocycles. The Hall–Kier alpha value is -1.34. The van der Waals surface area contributed by atoms with Gasteiger partial charge in [0, 0.05) is 10.4 Å². The number of fused-ring (bicyclic) bond motifs is 1. The number of rotatable bonds is 0. The summed E-state index contributed by atoms with van der Waals surface area (Å²) in [5.74, 6) is 0. The highest BCUT2D eigenvalue weighted by Gasteiger charge is 1.94. The molecule has 2 rings (SSSR count). The molecule has 64 valence electrons. The normalized spacial score (nSPS) is 10.2. The smallest absolute Gasteiger partial charge is 0.186 e. The highest BCUT2D eigenvalue weighted by Crippen LogP contribution is 2.13. The molecule has 0 heterocycles. The number of halogens is 1. The van der Waals surface area contributed by atoms with Crippen molar-refractivity contribution < 1.29 is 0 Å². The van der Waals surface area contributed by atoms with Crippen LogP contribution >= 0.6 is 11.6 Å². The fourth-order valence-electron chi connectivity index (χ4n) is 1.29. The van der Waals surface area contributed by atoms with E-state index in [1.807, 2.05) is 18.2 Å². The van der Waals surface area contributed by atoms with Gasteiger partial charge in [0.1, 0.15) is 0 Å². The highest BCUT2D eigenvalue weighted by atomic mass is 35.5. The first-order valence-corrected chi connectivity index (χ1v) is 4.34. The van der Waals surface area contributed by atoms with Crippen molar-refractivity contribution in [3.05, 3.63) is 57.7 Å². The molecule has 2 aromatic rings. The molecule has 2 aromatic carbocycles. The molecule has 0 radical (unpaired) electrons. The topological polar surface area (TPSA) is 17.1 Å². The van der Waals surface area contributed by atoms with Crippen molar-refractivity contribution in [2.24, 2.45) is 0 Å². The van der Waals surface area contributed by atoms with Gasteiger partial charge in [0.2, 0.25) is 0 Å². The van der Waals surface area contributed by atoms with Crippen molar-refractivity contribution >= 4 is 22.4 Å². The van der Waals surface area contributed by atoms with Gasteiger partial charge in [-0.05, 0) is 23.6 Å². The summed E-state index contributed by atoms with van der Waals surface area (Å²) in [4.78, 5) is 11.5. The predicted molar refractivity (Wildman–Crippen MR) is 55.2 cm³/mol. The third kappa shape index (κ3) is 1.56. The zero-order valence-electron chi connectivity index (χ0n) is 6.83. The summed E-state index contributed by atoms with van der Waals surface area (Å²) >= 11 is 5.84. The Balaban J connectivity index is 3.04. The monoisotopic (exact) mass is 190 g/mol. The Labute approximate surface area is 80.6 Å². The molecule has 0 N–H and O–H groups in total. The van der Waals surface area contributed by atoms with Gasteiger partial charge >= 0.3 is 0 Å². The Kier molecular flexibility index (Phi) is 2.03. The standard InChI is InChI=1S/C11H7ClO/c12-9-5-6-11(13)10-4-2-1-3-8(10)7-9/h1-7H. The van der Waals surface area contributed by atoms with Gasteiger partial charge in [-0.2, -0.15) is 0 Å². The van der Waals surface area contributed by atoms with Crippen LogP contribution in [0.25, 0.3) is 10.8 Å². The van der Waals surface area contributed by atoms with Crippen LogP contribution in [0.4, 0.5) is 0 Å². The van der Waals surface area contributed by atoms with Gasteiger partial charge in [0.15, 0.2) is 5.43 Å². The van der Waals surface area contributed by atoms with Crippen LogP contribution in [-0.2, 0) is 0 Å². The minimum Gasteiger partial charge on any atom is -0.289 e. The molecule has 0 fully saturated rings. The van der Waals surface area contributed by atoms with E-state index in [1.54, 1.807) is 18.2 Å². The Bertz CT molecular complexity index is 505. The van der Waals surface area contributed by atoms with Crippen LogP contribution in [0.5, 0.6) is 0 Å². The van der Waals surface area contributed by atoms with E-state index in [0.29, 0.717) is 10.4 Å². The molecule has 0 saturated heterocycles. The number of hydrogen-bond acceptors (Lipinski definition) is 1. The molecule has 0 aliphatic heterocycles. The highest BCUT2D eigenvalue weighted by molar-refractivity contribution is 6.31. The van der Waals surface area contributed by atoms with Gasteiger partial charge in [-0.3, -0.25) is 4.79 Å². The maximum absolute atomic E-state index is 11.5. The lowest BCUT2D eigenvalue weighted by Gasteiger charge is -1.88. The molecular weight excluding hydrogens is 184 g/mol. The van der Waals surface area contributed by atoms with Crippen LogP contribution in [0.2, 0.25) is 5.02 Å². The average Bonchev–Trinajstić information content (AvgIpc) is 2.27. The van der Waals surface area contributed by atoms with E-state index >= 15 is 0 Å². The fourth-order valence-corrected chi connectivity index (χ4v) is 1.47. The van der Waals surface area contributed by atoms with Crippen molar-refractivity contribution in [3.8, 4) is 0 Å². The van der Waals surface area contributed by atoms with E-state index in [0.717, 1.165) is 5.39 Å². The van der Waals surface area contributed by atoms with Crippen LogP contribution in [-0.4, -0.2) is 0 Å². The Morgan fingerprint density at radius 3 is 2.62 bits per heavy atom. The summed E-state index contributed by atoms with van der Waals surface area (Å²) in [5.41, 5.74) is 0.00231. The van der Waals surface area contributed by atoms with Gasteiger partial charge in [-0.15, -0.1) is 0 Å². The SMILES string of the molecule is O=c1ccc(Cl)cc2ccccc12. The summed E-state index contributed by atoms with van der Waals surface area (Å²) in [6, 6.07) is 12.3. The van der Waals surface area contributed by atoms with Crippen molar-refractivity contribution in [2.75, 3.05) is 0 Å². The molecule has 0 amide bonds. The second-order valence-corrected chi connectivity index (χ2v) is 3.25. The van der Waals surface area contributed by atoms with Crippen molar-refractivity contribution in [1.82, 2.24) is 0 Å². The number of benzene rings is 1. The molecule has 1 nitrogen and oxygen atoms in total. The van der Waals surface area contributed by atoms with Gasteiger partial charge in [-0.25, -0.2) is 0 Å². The van der Waals surface area contributed by atoms with Crippen LogP contribution in [0.1, 0.15) is 0 Å². The fraction of sp³-hybridized carbons (Fsp3) is 0. The van der Waals surface area contributed by atoms with Crippen LogP contribution in [0.3, 0.4) is 0 Å². The van der Waals surface area contributed by atoms with Crippen molar-refractivity contribution in [3.63, 3.8) is 0 Å². The van der Waals surface area contributed by atoms with Gasteiger partial charge in [0.05, 0.1) is 0 Å². The minimum atomic E-state index is 0.00231. The molecule has 0 aliphatic carbocycles. The molecular formula is C11H7ClO. The minimum absolute atomic E-state index is 0.00231. The van der Waals surface area contributed by atoms with E-state index in [1.165, 1.54) is 6.07 Å². The van der Waals surface area contributed by atoms with E-state index in [4.69, 9.17) is 11.6 Å². The predicted octanol–water partition coefficient (Wildman–Crippen LogP) is 2.85. The summed E-state index contributed by atoms with van der Waals surface area (Å²) in [7, 11) is 0. The molecule has 0 atom stereocenters. The maximum Gasteiger partial charge on any atom is 0.186 e. The molecule has 13 heavy (non-hydrogen) atoms. The quantitative estimate of drug-likeness (QED) is 0.625. The lowest BCUT2D eigenvalue weighted by atomic mass is 10.2. The third-order valence-electron chi connectivity index (χ3n) is 1.91. The average molecular weight is 191 g/mol. The first-order valence-electron chi connectivity index (χ1n) is 3.96. The molecule has 2 heteroatoms. The summed E-state index contributed by atoms with van der Waals surface area (Å²) in [6.07, 6.45) is 0. The first-order chi connectivity index (χ1) is 6.27. The lowest BCUT2D eigenvalue weighted by Crippen LogP contribution is -1.93. The zero-order valence-corrected chi connectivity index (χ0v) is 7.58. The summed E-state index contributed by atoms with van der Waals surface area (Å²) < 4.78 is 0. The van der Waals surface area contributed by atoms with E-state index in [-0.39, 0.29) is 5.43 Å². The largest absolute Gasteiger partial charge is 0.289 e. The Morgan fingerprint density at radius 1 is 1.00 bits per heavy atom. The van der Waals surface area contributed by atoms with Crippen LogP contribution in [0.15, 0.2) is 47.3 Å². The van der Waals surface area contributed by atoms with E-state index in [9.17, 15) is 4.79 Å². The molecule has 0 aromatic heterocycles. The van der Waals surface area contributed by atoms with Crippen LogP contribution in [0, 0.1) is 0 Å².